The van der Waals surface area contributed by atoms with E-state index in [4.69, 9.17) is 4.74 Å². The zero-order valence-electron chi connectivity index (χ0n) is 11.8. The molecule has 2 fully saturated rings. The summed E-state index contributed by atoms with van der Waals surface area (Å²) in [5, 5.41) is 0. The molecule has 3 aliphatic rings. The van der Waals surface area contributed by atoms with E-state index in [9.17, 15) is 9.59 Å². The van der Waals surface area contributed by atoms with Crippen LogP contribution in [0, 0.1) is 29.6 Å². The Morgan fingerprint density at radius 1 is 1.20 bits per heavy atom. The standard InChI is InChI=1S/C16H21BrO3/c1-2-20-16(19)13-7-11-9-5-3-4-6-10(11)12(9)8-14(17)15(13)18/h3-4,9-14H,2,5-8H2,1H3/t9-,10+,11?,12?,13?,14?. The molecule has 3 nitrogen and oxygen atoms in total. The molecule has 110 valence electrons. The van der Waals surface area contributed by atoms with Gasteiger partial charge in [-0.15, -0.1) is 0 Å². The van der Waals surface area contributed by atoms with Gasteiger partial charge in [-0.1, -0.05) is 28.1 Å². The number of halogens is 1. The van der Waals surface area contributed by atoms with Crippen molar-refractivity contribution in [2.45, 2.75) is 37.4 Å². The summed E-state index contributed by atoms with van der Waals surface area (Å²) >= 11 is 3.52. The molecule has 4 bridgehead atoms. The van der Waals surface area contributed by atoms with E-state index >= 15 is 0 Å². The van der Waals surface area contributed by atoms with Crippen LogP contribution in [-0.4, -0.2) is 23.2 Å². The largest absolute Gasteiger partial charge is 0.465 e. The van der Waals surface area contributed by atoms with Crippen LogP contribution in [0.2, 0.25) is 0 Å². The molecule has 4 heteroatoms. The van der Waals surface area contributed by atoms with Crippen molar-refractivity contribution in [3.8, 4) is 0 Å². The van der Waals surface area contributed by atoms with Crippen LogP contribution >= 0.6 is 15.9 Å². The Morgan fingerprint density at radius 2 is 1.80 bits per heavy atom. The van der Waals surface area contributed by atoms with Crippen molar-refractivity contribution in [2.24, 2.45) is 29.6 Å². The minimum atomic E-state index is -0.561. The number of rotatable bonds is 2. The summed E-state index contributed by atoms with van der Waals surface area (Å²) in [7, 11) is 0. The van der Waals surface area contributed by atoms with Gasteiger partial charge in [0.1, 0.15) is 5.92 Å². The molecule has 0 aliphatic heterocycles. The van der Waals surface area contributed by atoms with Gasteiger partial charge in [0.2, 0.25) is 0 Å². The maximum absolute atomic E-state index is 12.4. The van der Waals surface area contributed by atoms with Crippen LogP contribution < -0.4 is 0 Å². The van der Waals surface area contributed by atoms with Gasteiger partial charge in [-0.05, 0) is 56.3 Å². The molecule has 0 heterocycles. The number of ether oxygens (including phenoxy) is 1. The lowest BCUT2D eigenvalue weighted by molar-refractivity contribution is -0.156. The van der Waals surface area contributed by atoms with E-state index in [1.54, 1.807) is 6.92 Å². The average molecular weight is 341 g/mol. The zero-order valence-corrected chi connectivity index (χ0v) is 13.3. The first-order valence-corrected chi connectivity index (χ1v) is 8.54. The molecule has 0 aromatic rings. The SMILES string of the molecule is CCOC(=O)C1CC2[C@@H]3CC=CC[C@H]2C3CC(Br)C1=O. The fraction of sp³-hybridized carbons (Fsp3) is 0.750. The van der Waals surface area contributed by atoms with Crippen LogP contribution in [0.5, 0.6) is 0 Å². The summed E-state index contributed by atoms with van der Waals surface area (Å²) in [6, 6.07) is 0. The van der Waals surface area contributed by atoms with E-state index in [0.29, 0.717) is 36.7 Å². The van der Waals surface area contributed by atoms with Crippen molar-refractivity contribution in [1.29, 1.82) is 0 Å². The minimum Gasteiger partial charge on any atom is -0.465 e. The normalized spacial score (nSPS) is 43.0. The van der Waals surface area contributed by atoms with Crippen LogP contribution in [0.3, 0.4) is 0 Å². The molecular weight excluding hydrogens is 320 g/mol. The summed E-state index contributed by atoms with van der Waals surface area (Å²) in [6.45, 7) is 2.14. The molecule has 2 saturated carbocycles. The predicted molar refractivity (Wildman–Crippen MR) is 79.4 cm³/mol. The monoisotopic (exact) mass is 340 g/mol. The molecule has 3 rings (SSSR count). The Bertz CT molecular complexity index is 429. The lowest BCUT2D eigenvalue weighted by Crippen LogP contribution is -2.52. The van der Waals surface area contributed by atoms with Crippen molar-refractivity contribution >= 4 is 27.7 Å². The number of allylic oxidation sites excluding steroid dienone is 2. The van der Waals surface area contributed by atoms with Crippen LogP contribution in [0.25, 0.3) is 0 Å². The molecule has 4 unspecified atom stereocenters. The molecule has 0 saturated heterocycles. The molecule has 0 amide bonds. The molecule has 0 radical (unpaired) electrons. The van der Waals surface area contributed by atoms with Crippen LogP contribution in [0.15, 0.2) is 12.2 Å². The molecule has 0 N–H and O–H groups in total. The first-order valence-electron chi connectivity index (χ1n) is 7.63. The van der Waals surface area contributed by atoms with E-state index < -0.39 is 5.92 Å². The second kappa shape index (κ2) is 5.63. The fourth-order valence-electron chi connectivity index (χ4n) is 4.45. The van der Waals surface area contributed by atoms with Crippen molar-refractivity contribution in [1.82, 2.24) is 0 Å². The lowest BCUT2D eigenvalue weighted by atomic mass is 9.51. The highest BCUT2D eigenvalue weighted by Crippen LogP contribution is 2.57. The van der Waals surface area contributed by atoms with Gasteiger partial charge in [0, 0.05) is 0 Å². The third-order valence-corrected chi connectivity index (χ3v) is 6.22. The van der Waals surface area contributed by atoms with Crippen molar-refractivity contribution in [3.63, 3.8) is 0 Å². The number of hydrogen-bond acceptors (Lipinski definition) is 3. The smallest absolute Gasteiger partial charge is 0.316 e. The van der Waals surface area contributed by atoms with E-state index in [1.165, 1.54) is 0 Å². The third kappa shape index (κ3) is 2.26. The van der Waals surface area contributed by atoms with Crippen molar-refractivity contribution in [2.75, 3.05) is 6.61 Å². The van der Waals surface area contributed by atoms with Crippen LogP contribution in [-0.2, 0) is 14.3 Å². The first kappa shape index (κ1) is 14.3. The van der Waals surface area contributed by atoms with Gasteiger partial charge in [-0.3, -0.25) is 9.59 Å². The molecule has 6 atom stereocenters. The van der Waals surface area contributed by atoms with Gasteiger partial charge in [-0.2, -0.15) is 0 Å². The van der Waals surface area contributed by atoms with E-state index in [0.717, 1.165) is 19.3 Å². The minimum absolute atomic E-state index is 0.0301. The second-order valence-electron chi connectivity index (χ2n) is 6.24. The van der Waals surface area contributed by atoms with Crippen LogP contribution in [0.1, 0.15) is 32.6 Å². The Morgan fingerprint density at radius 3 is 2.40 bits per heavy atom. The maximum atomic E-state index is 12.4. The fourth-order valence-corrected chi connectivity index (χ4v) is 5.20. The maximum Gasteiger partial charge on any atom is 0.316 e. The van der Waals surface area contributed by atoms with E-state index in [1.807, 2.05) is 0 Å². The summed E-state index contributed by atoms with van der Waals surface area (Å²) in [6.07, 6.45) is 8.34. The molecule has 0 spiro atoms. The summed E-state index contributed by atoms with van der Waals surface area (Å²) in [5.74, 6) is 1.63. The van der Waals surface area contributed by atoms with Gasteiger partial charge in [-0.25, -0.2) is 0 Å². The zero-order chi connectivity index (χ0) is 14.3. The molecule has 3 aliphatic carbocycles. The summed E-state index contributed by atoms with van der Waals surface area (Å²) < 4.78 is 5.12. The lowest BCUT2D eigenvalue weighted by Gasteiger charge is -2.54. The van der Waals surface area contributed by atoms with E-state index in [2.05, 4.69) is 28.1 Å². The second-order valence-corrected chi connectivity index (χ2v) is 7.35. The number of Topliss-reactive ketones (excluding diaryl/α,β-unsaturated/α-hetero) is 1. The quantitative estimate of drug-likeness (QED) is 0.335. The van der Waals surface area contributed by atoms with Gasteiger partial charge in [0.15, 0.2) is 5.78 Å². The number of carbonyl (C=O) groups excluding carboxylic acids is 2. The Balaban J connectivity index is 1.82. The molecule has 0 aromatic heterocycles. The van der Waals surface area contributed by atoms with Crippen LogP contribution in [0.4, 0.5) is 0 Å². The van der Waals surface area contributed by atoms with Crippen molar-refractivity contribution in [3.05, 3.63) is 12.2 Å². The average Bonchev–Trinajstić information content (AvgIpc) is 2.74. The highest BCUT2D eigenvalue weighted by molar-refractivity contribution is 9.10. The molecule has 0 aromatic carbocycles. The predicted octanol–water partition coefficient (Wildman–Crippen LogP) is 3.12. The molecular formula is C16H21BrO3. The van der Waals surface area contributed by atoms with E-state index in [-0.39, 0.29) is 16.6 Å². The number of carbonyl (C=O) groups is 2. The first-order chi connectivity index (χ1) is 9.63. The number of esters is 1. The Hall–Kier alpha value is -0.640. The van der Waals surface area contributed by atoms with Gasteiger partial charge in [0.05, 0.1) is 11.4 Å². The summed E-state index contributed by atoms with van der Waals surface area (Å²) in [4.78, 5) is 24.3. The van der Waals surface area contributed by atoms with Crippen molar-refractivity contribution < 1.29 is 14.3 Å². The number of hydrogen-bond donors (Lipinski definition) is 0. The highest BCUT2D eigenvalue weighted by Gasteiger charge is 2.54. The third-order valence-electron chi connectivity index (χ3n) is 5.39. The van der Waals surface area contributed by atoms with Gasteiger partial charge < -0.3 is 4.74 Å². The van der Waals surface area contributed by atoms with Gasteiger partial charge in [0.25, 0.3) is 0 Å². The highest BCUT2D eigenvalue weighted by atomic mass is 79.9. The summed E-state index contributed by atoms with van der Waals surface area (Å²) in [5.41, 5.74) is 0. The topological polar surface area (TPSA) is 43.4 Å². The number of alkyl halides is 1. The van der Waals surface area contributed by atoms with Gasteiger partial charge >= 0.3 is 5.97 Å². The number of fused-ring (bicyclic) bond motifs is 1. The number of ketones is 1. The molecule has 20 heavy (non-hydrogen) atoms. The Kier molecular flexibility index (Phi) is 4.02. The Labute approximate surface area is 128 Å².